The maximum Gasteiger partial charge on any atom is 0.338 e. The van der Waals surface area contributed by atoms with Crippen molar-refractivity contribution in [1.82, 2.24) is 0 Å². The maximum absolute atomic E-state index is 12.0. The largest absolute Gasteiger partial charge is 0.452 e. The van der Waals surface area contributed by atoms with Crippen molar-refractivity contribution in [3.05, 3.63) is 59.7 Å². The quantitative estimate of drug-likeness (QED) is 0.832. The molecule has 136 valence electrons. The summed E-state index contributed by atoms with van der Waals surface area (Å²) in [6.07, 6.45) is 3.75. The van der Waals surface area contributed by atoms with Crippen LogP contribution in [-0.2, 0) is 9.53 Å². The topological polar surface area (TPSA) is 58.6 Å². The average Bonchev–Trinajstić information content (AvgIpc) is 2.68. The molecule has 1 aliphatic heterocycles. The fourth-order valence-corrected chi connectivity index (χ4v) is 3.01. The maximum atomic E-state index is 12.0. The van der Waals surface area contributed by atoms with Crippen molar-refractivity contribution < 1.29 is 14.3 Å². The minimum atomic E-state index is -0.499. The number of nitrogens with one attached hydrogen (secondary N) is 1. The molecule has 1 fully saturated rings. The molecule has 1 aliphatic rings. The first kappa shape index (κ1) is 18.0. The van der Waals surface area contributed by atoms with Crippen LogP contribution < -0.4 is 10.2 Å². The number of ether oxygens (including phenoxy) is 1. The third-order valence-corrected chi connectivity index (χ3v) is 4.49. The molecule has 2 aromatic carbocycles. The van der Waals surface area contributed by atoms with Gasteiger partial charge >= 0.3 is 5.97 Å². The highest BCUT2D eigenvalue weighted by atomic mass is 16.5. The fourth-order valence-electron chi connectivity index (χ4n) is 3.01. The van der Waals surface area contributed by atoms with Crippen molar-refractivity contribution in [3.8, 4) is 0 Å². The normalized spacial score (nSPS) is 14.0. The Morgan fingerprint density at radius 3 is 2.27 bits per heavy atom. The molecule has 1 saturated heterocycles. The van der Waals surface area contributed by atoms with E-state index in [4.69, 9.17) is 4.74 Å². The van der Waals surface area contributed by atoms with Gasteiger partial charge in [-0.15, -0.1) is 0 Å². The van der Waals surface area contributed by atoms with Crippen molar-refractivity contribution >= 4 is 23.3 Å². The van der Waals surface area contributed by atoms with Crippen molar-refractivity contribution in [2.75, 3.05) is 29.9 Å². The van der Waals surface area contributed by atoms with Gasteiger partial charge in [0, 0.05) is 24.5 Å². The monoisotopic (exact) mass is 352 g/mol. The lowest BCUT2D eigenvalue weighted by molar-refractivity contribution is -0.119. The summed E-state index contributed by atoms with van der Waals surface area (Å²) >= 11 is 0. The highest BCUT2D eigenvalue weighted by Crippen LogP contribution is 2.21. The predicted molar refractivity (Wildman–Crippen MR) is 103 cm³/mol. The van der Waals surface area contributed by atoms with E-state index >= 15 is 0 Å². The number of hydrogen-bond acceptors (Lipinski definition) is 4. The SMILES string of the molecule is Cc1ccc(C(=O)OCC(=O)Nc2ccc(N3CCCCC3)cc2)cc1. The van der Waals surface area contributed by atoms with E-state index in [1.54, 1.807) is 12.1 Å². The summed E-state index contributed by atoms with van der Waals surface area (Å²) in [5.41, 5.74) is 3.37. The first-order valence-electron chi connectivity index (χ1n) is 9.00. The van der Waals surface area contributed by atoms with E-state index in [9.17, 15) is 9.59 Å². The van der Waals surface area contributed by atoms with E-state index in [0.29, 0.717) is 11.3 Å². The number of nitrogens with zero attached hydrogens (tertiary/aromatic N) is 1. The molecule has 26 heavy (non-hydrogen) atoms. The van der Waals surface area contributed by atoms with Gasteiger partial charge in [0.15, 0.2) is 6.61 Å². The van der Waals surface area contributed by atoms with E-state index in [1.165, 1.54) is 24.9 Å². The Morgan fingerprint density at radius 2 is 1.62 bits per heavy atom. The Hall–Kier alpha value is -2.82. The Bertz CT molecular complexity index is 748. The lowest BCUT2D eigenvalue weighted by Gasteiger charge is -2.28. The number of piperidine rings is 1. The predicted octanol–water partition coefficient (Wildman–Crippen LogP) is 3.78. The summed E-state index contributed by atoms with van der Waals surface area (Å²) in [6, 6.07) is 14.8. The molecule has 1 N–H and O–H groups in total. The molecule has 0 spiro atoms. The van der Waals surface area contributed by atoms with Crippen LogP contribution in [0.25, 0.3) is 0 Å². The lowest BCUT2D eigenvalue weighted by Crippen LogP contribution is -2.29. The van der Waals surface area contributed by atoms with E-state index in [1.807, 2.05) is 43.3 Å². The van der Waals surface area contributed by atoms with Gasteiger partial charge in [-0.05, 0) is 62.6 Å². The van der Waals surface area contributed by atoms with Crippen LogP contribution >= 0.6 is 0 Å². The second kappa shape index (κ2) is 8.52. The zero-order valence-electron chi connectivity index (χ0n) is 15.0. The number of carbonyl (C=O) groups excluding carboxylic acids is 2. The van der Waals surface area contributed by atoms with E-state index in [2.05, 4.69) is 10.2 Å². The minimum Gasteiger partial charge on any atom is -0.452 e. The number of benzene rings is 2. The molecule has 5 nitrogen and oxygen atoms in total. The van der Waals surface area contributed by atoms with E-state index in [0.717, 1.165) is 18.7 Å². The van der Waals surface area contributed by atoms with Crippen molar-refractivity contribution in [3.63, 3.8) is 0 Å². The summed E-state index contributed by atoms with van der Waals surface area (Å²) in [6.45, 7) is 3.81. The van der Waals surface area contributed by atoms with E-state index in [-0.39, 0.29) is 12.5 Å². The summed E-state index contributed by atoms with van der Waals surface area (Å²) in [4.78, 5) is 26.3. The smallest absolute Gasteiger partial charge is 0.338 e. The van der Waals surface area contributed by atoms with Crippen LogP contribution in [0.1, 0.15) is 35.2 Å². The van der Waals surface area contributed by atoms with Crippen molar-refractivity contribution in [2.24, 2.45) is 0 Å². The van der Waals surface area contributed by atoms with Gasteiger partial charge in [-0.3, -0.25) is 4.79 Å². The van der Waals surface area contributed by atoms with Crippen LogP contribution in [0.2, 0.25) is 0 Å². The van der Waals surface area contributed by atoms with Crippen molar-refractivity contribution in [2.45, 2.75) is 26.2 Å². The second-order valence-electron chi connectivity index (χ2n) is 6.58. The minimum absolute atomic E-state index is 0.305. The fraction of sp³-hybridized carbons (Fsp3) is 0.333. The number of aryl methyl sites for hydroxylation is 1. The molecule has 0 aliphatic carbocycles. The summed E-state index contributed by atoms with van der Waals surface area (Å²) < 4.78 is 5.06. The van der Waals surface area contributed by atoms with E-state index < -0.39 is 5.97 Å². The molecular weight excluding hydrogens is 328 g/mol. The van der Waals surface area contributed by atoms with Crippen LogP contribution in [0.3, 0.4) is 0 Å². The molecule has 0 bridgehead atoms. The number of carbonyl (C=O) groups is 2. The first-order valence-corrected chi connectivity index (χ1v) is 9.00. The highest BCUT2D eigenvalue weighted by Gasteiger charge is 2.12. The molecule has 5 heteroatoms. The van der Waals surface area contributed by atoms with Gasteiger partial charge in [0.25, 0.3) is 5.91 Å². The molecule has 3 rings (SSSR count). The van der Waals surface area contributed by atoms with Crippen LogP contribution in [0.5, 0.6) is 0 Å². The third kappa shape index (κ3) is 4.85. The van der Waals surface area contributed by atoms with Gasteiger partial charge in [0.1, 0.15) is 0 Å². The average molecular weight is 352 g/mol. The molecule has 0 unspecified atom stereocenters. The van der Waals surface area contributed by atoms with Gasteiger partial charge in [-0.1, -0.05) is 17.7 Å². The summed E-state index contributed by atoms with van der Waals surface area (Å²) in [7, 11) is 0. The Kier molecular flexibility index (Phi) is 5.89. The zero-order chi connectivity index (χ0) is 18.4. The molecule has 0 radical (unpaired) electrons. The van der Waals surface area contributed by atoms with Gasteiger partial charge in [0.2, 0.25) is 0 Å². The molecular formula is C21H24N2O3. The van der Waals surface area contributed by atoms with Gasteiger partial charge in [-0.25, -0.2) is 4.79 Å². The number of hydrogen-bond donors (Lipinski definition) is 1. The Morgan fingerprint density at radius 1 is 0.962 bits per heavy atom. The standard InChI is InChI=1S/C21H24N2O3/c1-16-5-7-17(8-6-16)21(25)26-15-20(24)22-18-9-11-19(12-10-18)23-13-3-2-4-14-23/h5-12H,2-4,13-15H2,1H3,(H,22,24). The number of rotatable bonds is 5. The zero-order valence-corrected chi connectivity index (χ0v) is 15.0. The lowest BCUT2D eigenvalue weighted by atomic mass is 10.1. The number of esters is 1. The van der Waals surface area contributed by atoms with Crippen LogP contribution in [0.15, 0.2) is 48.5 Å². The second-order valence-corrected chi connectivity index (χ2v) is 6.58. The van der Waals surface area contributed by atoms with Crippen LogP contribution in [-0.4, -0.2) is 31.6 Å². The molecule has 2 aromatic rings. The number of amides is 1. The van der Waals surface area contributed by atoms with Crippen LogP contribution in [0, 0.1) is 6.92 Å². The summed E-state index contributed by atoms with van der Waals surface area (Å²) in [5, 5.41) is 2.75. The van der Waals surface area contributed by atoms with Crippen molar-refractivity contribution in [1.29, 1.82) is 0 Å². The first-order chi connectivity index (χ1) is 12.6. The number of anilines is 2. The molecule has 1 heterocycles. The molecule has 0 atom stereocenters. The Balaban J connectivity index is 1.48. The van der Waals surface area contributed by atoms with Gasteiger partial charge in [-0.2, -0.15) is 0 Å². The Labute approximate surface area is 154 Å². The third-order valence-electron chi connectivity index (χ3n) is 4.49. The molecule has 1 amide bonds. The van der Waals surface area contributed by atoms with Crippen LogP contribution in [0.4, 0.5) is 11.4 Å². The summed E-state index contributed by atoms with van der Waals surface area (Å²) in [5.74, 6) is -0.850. The molecule has 0 saturated carbocycles. The van der Waals surface area contributed by atoms with Gasteiger partial charge < -0.3 is 15.0 Å². The highest BCUT2D eigenvalue weighted by molar-refractivity contribution is 5.95. The van der Waals surface area contributed by atoms with Gasteiger partial charge in [0.05, 0.1) is 5.56 Å². The molecule has 0 aromatic heterocycles.